The van der Waals surface area contributed by atoms with Gasteiger partial charge in [-0.05, 0) is 61.0 Å². The summed E-state index contributed by atoms with van der Waals surface area (Å²) in [5.74, 6) is -1.70. The van der Waals surface area contributed by atoms with E-state index in [4.69, 9.17) is 0 Å². The summed E-state index contributed by atoms with van der Waals surface area (Å²) in [5, 5.41) is 4.71. The molecule has 0 aliphatic carbocycles. The van der Waals surface area contributed by atoms with Gasteiger partial charge in [0.1, 0.15) is 0 Å². The Bertz CT molecular complexity index is 1200. The molecule has 0 atom stereocenters. The molecule has 172 valence electrons. The van der Waals surface area contributed by atoms with Crippen molar-refractivity contribution in [2.45, 2.75) is 19.3 Å². The molecule has 33 heavy (non-hydrogen) atoms. The molecule has 4 nitrogen and oxygen atoms in total. The smallest absolute Gasteiger partial charge is 0.322 e. The van der Waals surface area contributed by atoms with Crippen molar-refractivity contribution in [1.29, 1.82) is 0 Å². The van der Waals surface area contributed by atoms with Crippen molar-refractivity contribution in [2.24, 2.45) is 0 Å². The van der Waals surface area contributed by atoms with Crippen molar-refractivity contribution in [3.8, 4) is 0 Å². The highest BCUT2D eigenvalue weighted by Crippen LogP contribution is 2.32. The van der Waals surface area contributed by atoms with E-state index in [9.17, 15) is 35.9 Å². The quantitative estimate of drug-likeness (QED) is 0.429. The maximum Gasteiger partial charge on any atom is 0.416 e. The molecule has 0 saturated heterocycles. The number of para-hydroxylation sites is 1. The van der Waals surface area contributed by atoms with Gasteiger partial charge in [0.25, 0.3) is 11.8 Å². The second-order valence-electron chi connectivity index (χ2n) is 7.12. The van der Waals surface area contributed by atoms with Crippen LogP contribution in [0.25, 0.3) is 0 Å². The maximum atomic E-state index is 13.1. The van der Waals surface area contributed by atoms with Gasteiger partial charge in [-0.2, -0.15) is 26.3 Å². The average Bonchev–Trinajstić information content (AvgIpc) is 2.72. The highest BCUT2D eigenvalue weighted by atomic mass is 19.4. The molecule has 0 spiro atoms. The number of nitrogens with one attached hydrogen (secondary N) is 2. The lowest BCUT2D eigenvalue weighted by molar-refractivity contribution is -0.138. The lowest BCUT2D eigenvalue weighted by Crippen LogP contribution is -2.19. The van der Waals surface area contributed by atoms with Gasteiger partial charge in [-0.25, -0.2) is 0 Å². The molecule has 2 amide bonds. The van der Waals surface area contributed by atoms with E-state index in [1.54, 1.807) is 0 Å². The number of halogens is 6. The molecular weight excluding hydrogens is 450 g/mol. The van der Waals surface area contributed by atoms with Gasteiger partial charge in [-0.15, -0.1) is 0 Å². The van der Waals surface area contributed by atoms with Crippen LogP contribution in [0.1, 0.15) is 37.4 Å². The monoisotopic (exact) mass is 466 g/mol. The Hall–Kier alpha value is -3.82. The first-order chi connectivity index (χ1) is 15.3. The fourth-order valence-corrected chi connectivity index (χ4v) is 3.03. The molecule has 0 radical (unpaired) electrons. The summed E-state index contributed by atoms with van der Waals surface area (Å²) in [6.45, 7) is 1.41. The van der Waals surface area contributed by atoms with Crippen LogP contribution in [0.5, 0.6) is 0 Å². The van der Waals surface area contributed by atoms with Gasteiger partial charge in [0.15, 0.2) is 0 Å². The molecule has 0 bridgehead atoms. The SMILES string of the molecule is Cc1cc(C(=O)Nc2ccccc2C(=O)Nc2cccc(C(F)(F)F)c2)cc(C(F)(F)F)c1. The Kier molecular flexibility index (Phi) is 6.48. The molecule has 0 fully saturated rings. The maximum absolute atomic E-state index is 13.1. The van der Waals surface area contributed by atoms with Crippen LogP contribution in [0.4, 0.5) is 37.7 Å². The molecule has 3 rings (SSSR count). The van der Waals surface area contributed by atoms with Crippen LogP contribution in [0, 0.1) is 6.92 Å². The molecule has 3 aromatic carbocycles. The van der Waals surface area contributed by atoms with E-state index in [1.807, 2.05) is 0 Å². The molecular formula is C23H16F6N2O2. The minimum Gasteiger partial charge on any atom is -0.322 e. The Morgan fingerprint density at radius 3 is 2.03 bits per heavy atom. The number of alkyl halides is 6. The number of hydrogen-bond donors (Lipinski definition) is 2. The standard InChI is InChI=1S/C23H16F6N2O2/c1-13-9-14(11-16(10-13)23(27,28)29)20(32)31-19-8-3-2-7-18(19)21(33)30-17-6-4-5-15(12-17)22(24,25)26/h2-12H,1H3,(H,30,33)(H,31,32). The first kappa shape index (κ1) is 23.8. The van der Waals surface area contributed by atoms with E-state index in [2.05, 4.69) is 10.6 Å². The largest absolute Gasteiger partial charge is 0.416 e. The third kappa shape index (κ3) is 5.91. The van der Waals surface area contributed by atoms with Crippen molar-refractivity contribution >= 4 is 23.2 Å². The minimum atomic E-state index is -4.65. The zero-order valence-electron chi connectivity index (χ0n) is 16.9. The van der Waals surface area contributed by atoms with Crippen molar-refractivity contribution in [3.05, 3.63) is 94.5 Å². The number of rotatable bonds is 4. The van der Waals surface area contributed by atoms with E-state index in [0.29, 0.717) is 6.07 Å². The number of hydrogen-bond acceptors (Lipinski definition) is 2. The third-order valence-corrected chi connectivity index (χ3v) is 4.53. The van der Waals surface area contributed by atoms with Gasteiger partial charge in [0, 0.05) is 11.3 Å². The predicted octanol–water partition coefficient (Wildman–Crippen LogP) is 6.54. The summed E-state index contributed by atoms with van der Waals surface area (Å²) < 4.78 is 77.9. The fourth-order valence-electron chi connectivity index (χ4n) is 3.03. The highest BCUT2D eigenvalue weighted by molar-refractivity contribution is 6.12. The van der Waals surface area contributed by atoms with Crippen molar-refractivity contribution in [2.75, 3.05) is 10.6 Å². The van der Waals surface area contributed by atoms with Crippen molar-refractivity contribution in [1.82, 2.24) is 0 Å². The van der Waals surface area contributed by atoms with Crippen LogP contribution in [0.2, 0.25) is 0 Å². The molecule has 0 aliphatic rings. The van der Waals surface area contributed by atoms with Crippen LogP contribution >= 0.6 is 0 Å². The summed E-state index contributed by atoms with van der Waals surface area (Å²) in [7, 11) is 0. The summed E-state index contributed by atoms with van der Waals surface area (Å²) in [5.41, 5.74) is -2.25. The van der Waals surface area contributed by atoms with Crippen LogP contribution in [0.3, 0.4) is 0 Å². The Labute approximate surface area is 184 Å². The average molecular weight is 466 g/mol. The van der Waals surface area contributed by atoms with E-state index >= 15 is 0 Å². The summed E-state index contributed by atoms with van der Waals surface area (Å²) in [4.78, 5) is 25.3. The number of anilines is 2. The Balaban J connectivity index is 1.85. The predicted molar refractivity (Wildman–Crippen MR) is 110 cm³/mol. The molecule has 0 heterocycles. The zero-order valence-corrected chi connectivity index (χ0v) is 16.9. The molecule has 0 aromatic heterocycles. The lowest BCUT2D eigenvalue weighted by atomic mass is 10.0. The second kappa shape index (κ2) is 8.97. The third-order valence-electron chi connectivity index (χ3n) is 4.53. The van der Waals surface area contributed by atoms with Gasteiger partial charge in [-0.3, -0.25) is 9.59 Å². The number of benzene rings is 3. The number of carbonyl (C=O) groups is 2. The van der Waals surface area contributed by atoms with Crippen molar-refractivity contribution in [3.63, 3.8) is 0 Å². The second-order valence-corrected chi connectivity index (χ2v) is 7.12. The first-order valence-electron chi connectivity index (χ1n) is 9.42. The van der Waals surface area contributed by atoms with Crippen LogP contribution in [-0.2, 0) is 12.4 Å². The van der Waals surface area contributed by atoms with Crippen LogP contribution in [-0.4, -0.2) is 11.8 Å². The van der Waals surface area contributed by atoms with E-state index in [-0.39, 0.29) is 28.1 Å². The number of aryl methyl sites for hydroxylation is 1. The molecule has 3 aromatic rings. The Morgan fingerprint density at radius 1 is 0.697 bits per heavy atom. The van der Waals surface area contributed by atoms with E-state index < -0.39 is 35.3 Å². The van der Waals surface area contributed by atoms with Crippen LogP contribution in [0.15, 0.2) is 66.7 Å². The van der Waals surface area contributed by atoms with Gasteiger partial charge in [0.05, 0.1) is 22.4 Å². The van der Waals surface area contributed by atoms with Gasteiger partial charge in [0.2, 0.25) is 0 Å². The minimum absolute atomic E-state index is 0.0259. The summed E-state index contributed by atoms with van der Waals surface area (Å²) >= 11 is 0. The van der Waals surface area contributed by atoms with Crippen molar-refractivity contribution < 1.29 is 35.9 Å². The zero-order chi connectivity index (χ0) is 24.4. The van der Waals surface area contributed by atoms with Gasteiger partial charge >= 0.3 is 12.4 Å². The fraction of sp³-hybridized carbons (Fsp3) is 0.130. The molecule has 0 aliphatic heterocycles. The van der Waals surface area contributed by atoms with E-state index in [0.717, 1.165) is 24.3 Å². The topological polar surface area (TPSA) is 58.2 Å². The lowest BCUT2D eigenvalue weighted by Gasteiger charge is -2.14. The highest BCUT2D eigenvalue weighted by Gasteiger charge is 2.32. The molecule has 10 heteroatoms. The number of carbonyl (C=O) groups excluding carboxylic acids is 2. The number of amides is 2. The summed E-state index contributed by atoms with van der Waals surface area (Å²) in [6, 6.07) is 12.4. The van der Waals surface area contributed by atoms with Crippen LogP contribution < -0.4 is 10.6 Å². The molecule has 2 N–H and O–H groups in total. The normalized spacial score (nSPS) is 11.7. The first-order valence-corrected chi connectivity index (χ1v) is 9.42. The summed E-state index contributed by atoms with van der Waals surface area (Å²) in [6.07, 6.45) is -9.25. The Morgan fingerprint density at radius 2 is 1.36 bits per heavy atom. The molecule has 0 unspecified atom stereocenters. The molecule has 0 saturated carbocycles. The van der Waals surface area contributed by atoms with Gasteiger partial charge in [-0.1, -0.05) is 18.2 Å². The van der Waals surface area contributed by atoms with E-state index in [1.165, 1.54) is 43.3 Å². The van der Waals surface area contributed by atoms with Gasteiger partial charge < -0.3 is 10.6 Å².